The molecule has 4 rings (SSSR count). The van der Waals surface area contributed by atoms with Gasteiger partial charge in [-0.2, -0.15) is 0 Å². The van der Waals surface area contributed by atoms with Gasteiger partial charge >= 0.3 is 0 Å². The van der Waals surface area contributed by atoms with E-state index in [9.17, 15) is 0 Å². The van der Waals surface area contributed by atoms with Crippen LogP contribution in [-0.4, -0.2) is 15.0 Å². The summed E-state index contributed by atoms with van der Waals surface area (Å²) in [5.41, 5.74) is 3.88. The third-order valence-corrected chi connectivity index (χ3v) is 4.01. The molecule has 2 aromatic heterocycles. The van der Waals surface area contributed by atoms with E-state index in [4.69, 9.17) is 11.6 Å². The smallest absolute Gasteiger partial charge is 0.155 e. The third-order valence-electron chi connectivity index (χ3n) is 3.28. The van der Waals surface area contributed by atoms with Gasteiger partial charge in [-0.15, -0.1) is 0 Å². The second-order valence-corrected chi connectivity index (χ2v) is 6.01. The number of hydrogen-bond acceptors (Lipinski definition) is 1. The molecule has 5 heteroatoms. The zero-order valence-corrected chi connectivity index (χ0v) is 12.6. The molecule has 0 saturated heterocycles. The van der Waals surface area contributed by atoms with Gasteiger partial charge in [-0.25, -0.2) is 4.98 Å². The zero-order valence-electron chi connectivity index (χ0n) is 10.2. The van der Waals surface area contributed by atoms with E-state index < -0.39 is 0 Å². The van der Waals surface area contributed by atoms with Crippen molar-refractivity contribution >= 4 is 49.5 Å². The van der Waals surface area contributed by atoms with Crippen LogP contribution in [0.1, 0.15) is 0 Å². The number of nitrogens with zero attached hydrogens (tertiary/aromatic N) is 1. The van der Waals surface area contributed by atoms with Crippen molar-refractivity contribution in [2.75, 3.05) is 0 Å². The van der Waals surface area contributed by atoms with Crippen molar-refractivity contribution in [3.05, 3.63) is 52.0 Å². The van der Waals surface area contributed by atoms with E-state index in [2.05, 4.69) is 49.1 Å². The van der Waals surface area contributed by atoms with Crippen LogP contribution in [0, 0.1) is 0 Å². The lowest BCUT2D eigenvalue weighted by atomic mass is 10.2. The van der Waals surface area contributed by atoms with Crippen molar-refractivity contribution in [2.24, 2.45) is 0 Å². The highest BCUT2D eigenvalue weighted by Crippen LogP contribution is 2.27. The van der Waals surface area contributed by atoms with Gasteiger partial charge in [0.1, 0.15) is 0 Å². The number of H-pyrrole nitrogens is 2. The monoisotopic (exact) mass is 345 g/mol. The van der Waals surface area contributed by atoms with Crippen LogP contribution in [0.3, 0.4) is 0 Å². The summed E-state index contributed by atoms with van der Waals surface area (Å²) in [5.74, 6) is 0.814. The molecule has 0 atom stereocenters. The Balaban J connectivity index is 1.91. The number of imidazole rings is 1. The molecule has 20 heavy (non-hydrogen) atoms. The highest BCUT2D eigenvalue weighted by molar-refractivity contribution is 9.10. The molecule has 2 N–H and O–H groups in total. The average Bonchev–Trinajstić information content (AvgIpc) is 3.00. The first-order chi connectivity index (χ1) is 9.69. The van der Waals surface area contributed by atoms with E-state index in [0.717, 1.165) is 37.9 Å². The molecule has 0 radical (unpaired) electrons. The predicted octanol–water partition coefficient (Wildman–Crippen LogP) is 5.13. The summed E-state index contributed by atoms with van der Waals surface area (Å²) in [4.78, 5) is 11.2. The molecular weight excluding hydrogens is 338 g/mol. The van der Waals surface area contributed by atoms with E-state index >= 15 is 0 Å². The van der Waals surface area contributed by atoms with Crippen LogP contribution in [0.4, 0.5) is 0 Å². The normalized spacial score (nSPS) is 11.5. The van der Waals surface area contributed by atoms with Gasteiger partial charge in [-0.05, 0) is 36.4 Å². The Kier molecular flexibility index (Phi) is 2.62. The Morgan fingerprint density at radius 1 is 0.950 bits per heavy atom. The van der Waals surface area contributed by atoms with E-state index in [0.29, 0.717) is 5.02 Å². The number of rotatable bonds is 1. The number of benzene rings is 2. The Labute approximate surface area is 128 Å². The molecule has 4 aromatic rings. The average molecular weight is 347 g/mol. The first-order valence-corrected chi connectivity index (χ1v) is 7.30. The molecule has 0 unspecified atom stereocenters. The fourth-order valence-corrected chi connectivity index (χ4v) is 2.87. The molecule has 0 fully saturated rings. The van der Waals surface area contributed by atoms with Crippen molar-refractivity contribution in [3.8, 4) is 11.5 Å². The van der Waals surface area contributed by atoms with Gasteiger partial charge in [-0.3, -0.25) is 0 Å². The Bertz CT molecular complexity index is 861. The minimum atomic E-state index is 0.702. The van der Waals surface area contributed by atoms with Crippen LogP contribution in [0.25, 0.3) is 33.5 Å². The van der Waals surface area contributed by atoms with Crippen molar-refractivity contribution < 1.29 is 0 Å². The van der Waals surface area contributed by atoms with Crippen LogP contribution >= 0.6 is 27.5 Å². The molecular formula is C15H9BrClN3. The Morgan fingerprint density at radius 2 is 1.85 bits per heavy atom. The summed E-state index contributed by atoms with van der Waals surface area (Å²) >= 11 is 9.47. The summed E-state index contributed by atoms with van der Waals surface area (Å²) in [5, 5.41) is 1.86. The maximum absolute atomic E-state index is 5.99. The molecule has 0 aliphatic rings. The maximum Gasteiger partial charge on any atom is 0.155 e. The van der Waals surface area contributed by atoms with Gasteiger partial charge in [0, 0.05) is 20.4 Å². The topological polar surface area (TPSA) is 44.5 Å². The summed E-state index contributed by atoms with van der Waals surface area (Å²) in [7, 11) is 0. The quantitative estimate of drug-likeness (QED) is 0.493. The van der Waals surface area contributed by atoms with Crippen LogP contribution in [0.2, 0.25) is 5.02 Å². The van der Waals surface area contributed by atoms with Crippen molar-refractivity contribution in [1.29, 1.82) is 0 Å². The van der Waals surface area contributed by atoms with Gasteiger partial charge < -0.3 is 9.97 Å². The second kappa shape index (κ2) is 4.36. The molecule has 0 aliphatic carbocycles. The van der Waals surface area contributed by atoms with Gasteiger partial charge in [0.25, 0.3) is 0 Å². The van der Waals surface area contributed by atoms with Crippen LogP contribution in [0.5, 0.6) is 0 Å². The van der Waals surface area contributed by atoms with Gasteiger partial charge in [0.05, 0.1) is 16.7 Å². The lowest BCUT2D eigenvalue weighted by molar-refractivity contribution is 1.29. The van der Waals surface area contributed by atoms with E-state index in [1.54, 1.807) is 0 Å². The SMILES string of the molecule is Clc1ccc2nc(-c3cc4ccc(Br)cc4[nH]3)[nH]c2c1. The zero-order chi connectivity index (χ0) is 13.7. The number of fused-ring (bicyclic) bond motifs is 2. The van der Waals surface area contributed by atoms with E-state index in [1.165, 1.54) is 0 Å². The molecule has 0 aliphatic heterocycles. The predicted molar refractivity (Wildman–Crippen MR) is 86.1 cm³/mol. The maximum atomic E-state index is 5.99. The summed E-state index contributed by atoms with van der Waals surface area (Å²) in [6.07, 6.45) is 0. The van der Waals surface area contributed by atoms with Crippen molar-refractivity contribution in [1.82, 2.24) is 15.0 Å². The molecule has 2 heterocycles. The molecule has 98 valence electrons. The third kappa shape index (κ3) is 1.92. The van der Waals surface area contributed by atoms with E-state index in [-0.39, 0.29) is 0 Å². The van der Waals surface area contributed by atoms with Crippen LogP contribution in [0.15, 0.2) is 46.9 Å². The molecule has 0 amide bonds. The van der Waals surface area contributed by atoms with E-state index in [1.807, 2.05) is 24.3 Å². The van der Waals surface area contributed by atoms with Gasteiger partial charge in [-0.1, -0.05) is 33.6 Å². The first kappa shape index (κ1) is 12.0. The van der Waals surface area contributed by atoms with Crippen LogP contribution in [-0.2, 0) is 0 Å². The Morgan fingerprint density at radius 3 is 2.75 bits per heavy atom. The number of hydrogen-bond donors (Lipinski definition) is 2. The van der Waals surface area contributed by atoms with Crippen molar-refractivity contribution in [2.45, 2.75) is 0 Å². The van der Waals surface area contributed by atoms with Crippen LogP contribution < -0.4 is 0 Å². The molecule has 0 bridgehead atoms. The fourth-order valence-electron chi connectivity index (χ4n) is 2.34. The lowest BCUT2D eigenvalue weighted by Crippen LogP contribution is -1.78. The number of aromatic nitrogens is 3. The van der Waals surface area contributed by atoms with Crippen molar-refractivity contribution in [3.63, 3.8) is 0 Å². The molecule has 2 aromatic carbocycles. The summed E-state index contributed by atoms with van der Waals surface area (Å²) < 4.78 is 1.05. The number of nitrogens with one attached hydrogen (secondary N) is 2. The van der Waals surface area contributed by atoms with Gasteiger partial charge in [0.2, 0.25) is 0 Å². The van der Waals surface area contributed by atoms with Gasteiger partial charge in [0.15, 0.2) is 5.82 Å². The number of halogens is 2. The standard InChI is InChI=1S/C15H9BrClN3/c16-9-2-1-8-5-14(18-12(8)6-9)15-19-11-4-3-10(17)7-13(11)20-15/h1-7,18H,(H,19,20). The second-order valence-electron chi connectivity index (χ2n) is 4.66. The first-order valence-electron chi connectivity index (χ1n) is 6.13. The minimum absolute atomic E-state index is 0.702. The molecule has 3 nitrogen and oxygen atoms in total. The molecule has 0 spiro atoms. The summed E-state index contributed by atoms with van der Waals surface area (Å²) in [6, 6.07) is 13.9. The lowest BCUT2D eigenvalue weighted by Gasteiger charge is -1.90. The molecule has 0 saturated carbocycles. The minimum Gasteiger partial charge on any atom is -0.352 e. The highest BCUT2D eigenvalue weighted by atomic mass is 79.9. The fraction of sp³-hybridized carbons (Fsp3) is 0. The highest BCUT2D eigenvalue weighted by Gasteiger charge is 2.09. The Hall–Kier alpha value is -1.78. The number of aromatic amines is 2. The summed E-state index contributed by atoms with van der Waals surface area (Å²) in [6.45, 7) is 0. The largest absolute Gasteiger partial charge is 0.352 e.